The molecule has 0 aliphatic heterocycles. The first-order chi connectivity index (χ1) is 13.6. The fraction of sp³-hybridized carbons (Fsp3) is 0.217. The van der Waals surface area contributed by atoms with Crippen LogP contribution in [-0.2, 0) is 9.59 Å². The molecule has 1 aromatic heterocycles. The predicted octanol–water partition coefficient (Wildman–Crippen LogP) is 4.26. The van der Waals surface area contributed by atoms with Crippen molar-refractivity contribution < 1.29 is 14.0 Å². The summed E-state index contributed by atoms with van der Waals surface area (Å²) in [5, 5.41) is 5.66. The van der Waals surface area contributed by atoms with E-state index in [0.29, 0.717) is 0 Å². The molecule has 0 aliphatic carbocycles. The largest absolute Gasteiger partial charge is 0.469 e. The number of hydrogen-bond acceptors (Lipinski definition) is 3. The maximum Gasteiger partial charge on any atom is 0.226 e. The summed E-state index contributed by atoms with van der Waals surface area (Å²) in [5.41, 5.74) is 2.91. The summed E-state index contributed by atoms with van der Waals surface area (Å²) in [5.74, 6) is 0.347. The van der Waals surface area contributed by atoms with Gasteiger partial charge in [0.2, 0.25) is 11.8 Å². The zero-order chi connectivity index (χ0) is 19.8. The quantitative estimate of drug-likeness (QED) is 0.617. The molecule has 0 fully saturated rings. The lowest BCUT2D eigenvalue weighted by molar-refractivity contribution is -0.121. The zero-order valence-corrected chi connectivity index (χ0v) is 15.9. The van der Waals surface area contributed by atoms with E-state index in [9.17, 15) is 9.59 Å². The van der Waals surface area contributed by atoms with E-state index in [4.69, 9.17) is 4.42 Å². The van der Waals surface area contributed by atoms with Gasteiger partial charge in [-0.25, -0.2) is 0 Å². The van der Waals surface area contributed by atoms with Crippen molar-refractivity contribution in [1.82, 2.24) is 5.32 Å². The number of rotatable bonds is 8. The Morgan fingerprint density at radius 1 is 0.929 bits per heavy atom. The molecule has 1 atom stereocenters. The summed E-state index contributed by atoms with van der Waals surface area (Å²) < 4.78 is 5.52. The number of carbonyl (C=O) groups is 2. The standard InChI is InChI=1S/C23H24N2O3/c1-17-9-11-19(12-10-17)25-22(26)13-14-24-23(27)16-20(21-8-5-15-28-21)18-6-3-2-4-7-18/h2-12,15,20H,13-14,16H2,1H3,(H,24,27)(H,25,26). The lowest BCUT2D eigenvalue weighted by atomic mass is 9.93. The molecular weight excluding hydrogens is 352 g/mol. The lowest BCUT2D eigenvalue weighted by Gasteiger charge is -2.15. The molecule has 144 valence electrons. The monoisotopic (exact) mass is 376 g/mol. The highest BCUT2D eigenvalue weighted by atomic mass is 16.3. The molecular formula is C23H24N2O3. The van der Waals surface area contributed by atoms with E-state index in [2.05, 4.69) is 10.6 Å². The van der Waals surface area contributed by atoms with Crippen molar-refractivity contribution in [3.8, 4) is 0 Å². The molecule has 2 N–H and O–H groups in total. The molecule has 0 spiro atoms. The number of carbonyl (C=O) groups excluding carboxylic acids is 2. The Labute approximate surface area is 164 Å². The number of aryl methyl sites for hydroxylation is 1. The van der Waals surface area contributed by atoms with Crippen molar-refractivity contribution in [2.75, 3.05) is 11.9 Å². The van der Waals surface area contributed by atoms with Crippen molar-refractivity contribution in [2.24, 2.45) is 0 Å². The maximum atomic E-state index is 12.4. The molecule has 2 amide bonds. The van der Waals surface area contributed by atoms with Crippen LogP contribution in [0.25, 0.3) is 0 Å². The highest BCUT2D eigenvalue weighted by Crippen LogP contribution is 2.28. The average Bonchev–Trinajstić information content (AvgIpc) is 3.23. The van der Waals surface area contributed by atoms with Gasteiger partial charge in [-0.05, 0) is 36.8 Å². The first kappa shape index (κ1) is 19.4. The Hall–Kier alpha value is -3.34. The third-order valence-electron chi connectivity index (χ3n) is 4.49. The van der Waals surface area contributed by atoms with Gasteiger partial charge < -0.3 is 15.1 Å². The Kier molecular flexibility index (Phi) is 6.63. The molecule has 1 unspecified atom stereocenters. The molecule has 3 rings (SSSR count). The fourth-order valence-corrected chi connectivity index (χ4v) is 2.99. The van der Waals surface area contributed by atoms with E-state index in [1.807, 2.05) is 73.7 Å². The highest BCUT2D eigenvalue weighted by molar-refractivity contribution is 5.91. The first-order valence-corrected chi connectivity index (χ1v) is 9.33. The molecule has 5 nitrogen and oxygen atoms in total. The Morgan fingerprint density at radius 3 is 2.36 bits per heavy atom. The molecule has 2 aromatic carbocycles. The van der Waals surface area contributed by atoms with Crippen LogP contribution in [0.15, 0.2) is 77.4 Å². The molecule has 0 aliphatic rings. The van der Waals surface area contributed by atoms with E-state index < -0.39 is 0 Å². The minimum Gasteiger partial charge on any atom is -0.469 e. The van der Waals surface area contributed by atoms with Crippen molar-refractivity contribution in [3.05, 3.63) is 89.9 Å². The van der Waals surface area contributed by atoms with E-state index >= 15 is 0 Å². The molecule has 0 saturated carbocycles. The van der Waals surface area contributed by atoms with Crippen molar-refractivity contribution >= 4 is 17.5 Å². The Morgan fingerprint density at radius 2 is 1.68 bits per heavy atom. The van der Waals surface area contributed by atoms with Crippen LogP contribution in [-0.4, -0.2) is 18.4 Å². The molecule has 0 bridgehead atoms. The second-order valence-corrected chi connectivity index (χ2v) is 6.70. The number of hydrogen-bond donors (Lipinski definition) is 2. The van der Waals surface area contributed by atoms with E-state index in [1.165, 1.54) is 0 Å². The minimum atomic E-state index is -0.155. The van der Waals surface area contributed by atoms with Crippen LogP contribution in [0.5, 0.6) is 0 Å². The summed E-state index contributed by atoms with van der Waals surface area (Å²) in [7, 11) is 0. The van der Waals surface area contributed by atoms with E-state index in [0.717, 1.165) is 22.6 Å². The van der Waals surface area contributed by atoms with Gasteiger partial charge in [-0.2, -0.15) is 0 Å². The average molecular weight is 376 g/mol. The number of amides is 2. The van der Waals surface area contributed by atoms with Gasteiger partial charge in [0.15, 0.2) is 0 Å². The smallest absolute Gasteiger partial charge is 0.226 e. The van der Waals surface area contributed by atoms with Crippen LogP contribution in [0.3, 0.4) is 0 Å². The van der Waals surface area contributed by atoms with Crippen molar-refractivity contribution in [3.63, 3.8) is 0 Å². The van der Waals surface area contributed by atoms with Crippen LogP contribution < -0.4 is 10.6 Å². The summed E-state index contributed by atoms with van der Waals surface area (Å²) in [4.78, 5) is 24.4. The van der Waals surface area contributed by atoms with Gasteiger partial charge in [0.25, 0.3) is 0 Å². The van der Waals surface area contributed by atoms with Gasteiger partial charge in [0, 0.05) is 25.1 Å². The number of benzene rings is 2. The molecule has 3 aromatic rings. The van der Waals surface area contributed by atoms with Crippen LogP contribution >= 0.6 is 0 Å². The maximum absolute atomic E-state index is 12.4. The Balaban J connectivity index is 1.49. The third-order valence-corrected chi connectivity index (χ3v) is 4.49. The second-order valence-electron chi connectivity index (χ2n) is 6.70. The van der Waals surface area contributed by atoms with Crippen molar-refractivity contribution in [2.45, 2.75) is 25.7 Å². The van der Waals surface area contributed by atoms with Gasteiger partial charge in [-0.1, -0.05) is 48.0 Å². The van der Waals surface area contributed by atoms with Crippen LogP contribution in [0.1, 0.15) is 35.6 Å². The van der Waals surface area contributed by atoms with E-state index in [1.54, 1.807) is 6.26 Å². The SMILES string of the molecule is Cc1ccc(NC(=O)CCNC(=O)CC(c2ccccc2)c2ccco2)cc1. The number of furan rings is 1. The lowest BCUT2D eigenvalue weighted by Crippen LogP contribution is -2.29. The topological polar surface area (TPSA) is 71.3 Å². The predicted molar refractivity (Wildman–Crippen MR) is 109 cm³/mol. The summed E-state index contributed by atoms with van der Waals surface area (Å²) in [6.45, 7) is 2.28. The fourth-order valence-electron chi connectivity index (χ4n) is 2.99. The number of nitrogens with one attached hydrogen (secondary N) is 2. The Bertz CT molecular complexity index is 887. The number of anilines is 1. The van der Waals surface area contributed by atoms with Gasteiger partial charge in [0.1, 0.15) is 5.76 Å². The molecule has 28 heavy (non-hydrogen) atoms. The summed E-state index contributed by atoms with van der Waals surface area (Å²) >= 11 is 0. The van der Waals surface area contributed by atoms with Crippen LogP contribution in [0.2, 0.25) is 0 Å². The second kappa shape index (κ2) is 9.55. The third kappa shape index (κ3) is 5.58. The van der Waals surface area contributed by atoms with Gasteiger partial charge in [-0.3, -0.25) is 9.59 Å². The van der Waals surface area contributed by atoms with Gasteiger partial charge in [0.05, 0.1) is 12.2 Å². The van der Waals surface area contributed by atoms with Crippen LogP contribution in [0.4, 0.5) is 5.69 Å². The molecule has 1 heterocycles. The van der Waals surface area contributed by atoms with E-state index in [-0.39, 0.29) is 37.1 Å². The summed E-state index contributed by atoms with van der Waals surface area (Å²) in [6, 6.07) is 21.1. The highest BCUT2D eigenvalue weighted by Gasteiger charge is 2.20. The molecule has 5 heteroatoms. The van der Waals surface area contributed by atoms with Gasteiger partial charge >= 0.3 is 0 Å². The normalized spacial score (nSPS) is 11.6. The van der Waals surface area contributed by atoms with Crippen molar-refractivity contribution in [1.29, 1.82) is 0 Å². The van der Waals surface area contributed by atoms with Gasteiger partial charge in [-0.15, -0.1) is 0 Å². The molecule has 0 radical (unpaired) electrons. The summed E-state index contributed by atoms with van der Waals surface area (Å²) in [6.07, 6.45) is 2.09. The van der Waals surface area contributed by atoms with Crippen LogP contribution in [0, 0.1) is 6.92 Å². The minimum absolute atomic E-state index is 0.117. The molecule has 0 saturated heterocycles. The zero-order valence-electron chi connectivity index (χ0n) is 15.9. The first-order valence-electron chi connectivity index (χ1n) is 9.33.